The first-order valence-electron chi connectivity index (χ1n) is 4.15. The summed E-state index contributed by atoms with van der Waals surface area (Å²) in [7, 11) is 0. The van der Waals surface area contributed by atoms with Crippen LogP contribution in [0.3, 0.4) is 0 Å². The molecular weight excluding hydrogens is 196 g/mol. The summed E-state index contributed by atoms with van der Waals surface area (Å²) >= 11 is 1.52. The minimum absolute atomic E-state index is 0.624. The summed E-state index contributed by atoms with van der Waals surface area (Å²) in [5.74, 6) is 0.692. The lowest BCUT2D eigenvalue weighted by atomic mass is 10.2. The third-order valence-corrected chi connectivity index (χ3v) is 2.45. The molecule has 0 aliphatic heterocycles. The first-order chi connectivity index (χ1) is 6.88. The van der Waals surface area contributed by atoms with Crippen molar-refractivity contribution in [1.82, 2.24) is 0 Å². The van der Waals surface area contributed by atoms with Crippen LogP contribution >= 0.6 is 11.3 Å². The summed E-state index contributed by atoms with van der Waals surface area (Å²) < 4.78 is 5.52. The lowest BCUT2D eigenvalue weighted by molar-refractivity contribution is 0.112. The molecule has 14 heavy (non-hydrogen) atoms. The molecule has 0 atom stereocenters. The molecule has 1 heterocycles. The minimum atomic E-state index is 0.624. The minimum Gasteiger partial charge on any atom is -0.447 e. The Bertz CT molecular complexity index is 421. The number of thiophene rings is 1. The van der Waals surface area contributed by atoms with E-state index >= 15 is 0 Å². The van der Waals surface area contributed by atoms with Gasteiger partial charge in [-0.1, -0.05) is 12.1 Å². The van der Waals surface area contributed by atoms with Crippen molar-refractivity contribution in [2.24, 2.45) is 0 Å². The molecule has 1 aromatic heterocycles. The Kier molecular flexibility index (Phi) is 2.60. The first kappa shape index (κ1) is 8.97. The fourth-order valence-corrected chi connectivity index (χ4v) is 1.68. The summed E-state index contributed by atoms with van der Waals surface area (Å²) in [4.78, 5) is 10.5. The second-order valence-electron chi connectivity index (χ2n) is 2.72. The van der Waals surface area contributed by atoms with Crippen LogP contribution in [0.25, 0.3) is 0 Å². The molecule has 70 valence electrons. The molecular formula is C11H8O2S. The van der Waals surface area contributed by atoms with Crippen LogP contribution in [0.15, 0.2) is 41.8 Å². The van der Waals surface area contributed by atoms with Crippen LogP contribution in [0.4, 0.5) is 0 Å². The molecule has 0 bridgehead atoms. The maximum atomic E-state index is 10.5. The Morgan fingerprint density at radius 1 is 1.21 bits per heavy atom. The average Bonchev–Trinajstić information content (AvgIpc) is 2.71. The molecule has 2 nitrogen and oxygen atoms in total. The number of carbonyl (C=O) groups excluding carboxylic acids is 1. The van der Waals surface area contributed by atoms with E-state index in [1.807, 2.05) is 23.6 Å². The summed E-state index contributed by atoms with van der Waals surface area (Å²) in [6.45, 7) is 0. The molecule has 0 N–H and O–H groups in total. The van der Waals surface area contributed by atoms with Crippen LogP contribution in [-0.4, -0.2) is 6.29 Å². The van der Waals surface area contributed by atoms with Crippen LogP contribution < -0.4 is 4.74 Å². The Morgan fingerprint density at radius 3 is 2.86 bits per heavy atom. The van der Waals surface area contributed by atoms with Crippen molar-refractivity contribution in [2.75, 3.05) is 0 Å². The van der Waals surface area contributed by atoms with Crippen molar-refractivity contribution in [2.45, 2.75) is 0 Å². The number of hydrogen-bond donors (Lipinski definition) is 0. The van der Waals surface area contributed by atoms with Crippen molar-refractivity contribution in [3.05, 3.63) is 47.3 Å². The average molecular weight is 204 g/mol. The zero-order valence-electron chi connectivity index (χ0n) is 7.34. The van der Waals surface area contributed by atoms with Crippen molar-refractivity contribution < 1.29 is 9.53 Å². The van der Waals surface area contributed by atoms with Gasteiger partial charge in [0.1, 0.15) is 12.0 Å². The van der Waals surface area contributed by atoms with Gasteiger partial charge in [0.15, 0.2) is 5.06 Å². The fraction of sp³-hybridized carbons (Fsp3) is 0. The largest absolute Gasteiger partial charge is 0.447 e. The van der Waals surface area contributed by atoms with Crippen molar-refractivity contribution in [3.63, 3.8) is 0 Å². The molecule has 2 aromatic rings. The topological polar surface area (TPSA) is 26.3 Å². The molecule has 0 unspecified atom stereocenters. The highest BCUT2D eigenvalue weighted by atomic mass is 32.1. The Morgan fingerprint density at radius 2 is 2.14 bits per heavy atom. The summed E-state index contributed by atoms with van der Waals surface area (Å²) in [6.07, 6.45) is 0.807. The molecule has 1 aromatic carbocycles. The standard InChI is InChI=1S/C11H8O2S/c12-8-9-3-1-4-10(7-9)13-11-5-2-6-14-11/h1-8H. The second kappa shape index (κ2) is 4.07. The normalized spacial score (nSPS) is 9.71. The lowest BCUT2D eigenvalue weighted by Gasteiger charge is -2.02. The SMILES string of the molecule is O=Cc1cccc(Oc2cccs2)c1. The van der Waals surface area contributed by atoms with E-state index in [1.165, 1.54) is 11.3 Å². The molecule has 0 saturated heterocycles. The van der Waals surface area contributed by atoms with Crippen LogP contribution in [0.1, 0.15) is 10.4 Å². The smallest absolute Gasteiger partial charge is 0.180 e. The van der Waals surface area contributed by atoms with Gasteiger partial charge in [0, 0.05) is 5.56 Å². The summed E-state index contributed by atoms with van der Waals surface area (Å²) in [5, 5.41) is 2.77. The predicted octanol–water partition coefficient (Wildman–Crippen LogP) is 3.35. The lowest BCUT2D eigenvalue weighted by Crippen LogP contribution is -1.83. The van der Waals surface area contributed by atoms with Gasteiger partial charge in [-0.2, -0.15) is 0 Å². The van der Waals surface area contributed by atoms with E-state index in [1.54, 1.807) is 18.2 Å². The van der Waals surface area contributed by atoms with Gasteiger partial charge in [0.25, 0.3) is 0 Å². The Labute approximate surface area is 85.8 Å². The van der Waals surface area contributed by atoms with Gasteiger partial charge in [0.2, 0.25) is 0 Å². The highest BCUT2D eigenvalue weighted by Crippen LogP contribution is 2.25. The number of aldehydes is 1. The van der Waals surface area contributed by atoms with Crippen LogP contribution in [-0.2, 0) is 0 Å². The van der Waals surface area contributed by atoms with E-state index in [0.29, 0.717) is 11.3 Å². The van der Waals surface area contributed by atoms with E-state index in [2.05, 4.69) is 0 Å². The van der Waals surface area contributed by atoms with Crippen molar-refractivity contribution in [1.29, 1.82) is 0 Å². The van der Waals surface area contributed by atoms with E-state index < -0.39 is 0 Å². The highest BCUT2D eigenvalue weighted by molar-refractivity contribution is 7.11. The van der Waals surface area contributed by atoms with Gasteiger partial charge in [0.05, 0.1) is 0 Å². The molecule has 0 aliphatic carbocycles. The van der Waals surface area contributed by atoms with E-state index in [4.69, 9.17) is 4.74 Å². The third-order valence-electron chi connectivity index (χ3n) is 1.71. The number of ether oxygens (including phenoxy) is 1. The molecule has 0 spiro atoms. The second-order valence-corrected chi connectivity index (χ2v) is 3.63. The van der Waals surface area contributed by atoms with E-state index in [9.17, 15) is 4.79 Å². The number of hydrogen-bond acceptors (Lipinski definition) is 3. The summed E-state index contributed by atoms with van der Waals surface area (Å²) in [6, 6.07) is 10.9. The van der Waals surface area contributed by atoms with Crippen LogP contribution in [0, 0.1) is 0 Å². The van der Waals surface area contributed by atoms with Gasteiger partial charge in [-0.3, -0.25) is 4.79 Å². The van der Waals surface area contributed by atoms with Gasteiger partial charge in [-0.15, -0.1) is 11.3 Å². The van der Waals surface area contributed by atoms with Gasteiger partial charge in [-0.05, 0) is 29.6 Å². The molecule has 0 aliphatic rings. The van der Waals surface area contributed by atoms with E-state index in [-0.39, 0.29) is 0 Å². The number of benzene rings is 1. The zero-order chi connectivity index (χ0) is 9.80. The Balaban J connectivity index is 2.21. The van der Waals surface area contributed by atoms with Crippen molar-refractivity contribution in [3.8, 4) is 10.8 Å². The zero-order valence-corrected chi connectivity index (χ0v) is 8.16. The molecule has 0 saturated carbocycles. The molecule has 0 fully saturated rings. The van der Waals surface area contributed by atoms with Crippen LogP contribution in [0.5, 0.6) is 10.8 Å². The molecule has 0 radical (unpaired) electrons. The van der Waals surface area contributed by atoms with Gasteiger partial charge < -0.3 is 4.74 Å². The van der Waals surface area contributed by atoms with Gasteiger partial charge >= 0.3 is 0 Å². The number of carbonyl (C=O) groups is 1. The predicted molar refractivity (Wildman–Crippen MR) is 56.2 cm³/mol. The molecule has 3 heteroatoms. The molecule has 2 rings (SSSR count). The quantitative estimate of drug-likeness (QED) is 0.716. The maximum Gasteiger partial charge on any atom is 0.180 e. The van der Waals surface area contributed by atoms with Crippen LogP contribution in [0.2, 0.25) is 0 Å². The first-order valence-corrected chi connectivity index (χ1v) is 5.03. The fourth-order valence-electron chi connectivity index (χ4n) is 1.09. The molecule has 0 amide bonds. The third kappa shape index (κ3) is 2.00. The number of rotatable bonds is 3. The Hall–Kier alpha value is -1.61. The monoisotopic (exact) mass is 204 g/mol. The summed E-state index contributed by atoms with van der Waals surface area (Å²) in [5.41, 5.74) is 0.624. The highest BCUT2D eigenvalue weighted by Gasteiger charge is 1.98. The van der Waals surface area contributed by atoms with Crippen molar-refractivity contribution >= 4 is 17.6 Å². The maximum absolute atomic E-state index is 10.5. The van der Waals surface area contributed by atoms with Gasteiger partial charge in [-0.25, -0.2) is 0 Å². The van der Waals surface area contributed by atoms with E-state index in [0.717, 1.165) is 11.3 Å².